The van der Waals surface area contributed by atoms with Crippen LogP contribution in [0.3, 0.4) is 0 Å². The summed E-state index contributed by atoms with van der Waals surface area (Å²) in [6.45, 7) is -0.00381. The van der Waals surface area contributed by atoms with Gasteiger partial charge in [-0.15, -0.1) is 5.10 Å². The molecule has 0 N–H and O–H groups in total. The van der Waals surface area contributed by atoms with Crippen molar-refractivity contribution in [2.45, 2.75) is 6.61 Å². The first-order valence-corrected chi connectivity index (χ1v) is 7.42. The van der Waals surface area contributed by atoms with Gasteiger partial charge in [0.15, 0.2) is 12.4 Å². The van der Waals surface area contributed by atoms with Gasteiger partial charge in [-0.25, -0.2) is 4.79 Å². The lowest BCUT2D eigenvalue weighted by Gasteiger charge is -2.12. The quantitative estimate of drug-likeness (QED) is 0.669. The van der Waals surface area contributed by atoms with Gasteiger partial charge in [0.05, 0.1) is 11.3 Å². The van der Waals surface area contributed by atoms with E-state index in [4.69, 9.17) is 4.74 Å². The molecule has 0 unspecified atom stereocenters. The number of ether oxygens (including phenoxy) is 1. The van der Waals surface area contributed by atoms with E-state index in [1.807, 2.05) is 61.5 Å². The monoisotopic (exact) mass is 323 g/mol. The summed E-state index contributed by atoms with van der Waals surface area (Å²) in [7, 11) is 3.88. The van der Waals surface area contributed by atoms with E-state index in [9.17, 15) is 4.79 Å². The van der Waals surface area contributed by atoms with Crippen LogP contribution in [0.2, 0.25) is 0 Å². The zero-order valence-electron chi connectivity index (χ0n) is 13.5. The van der Waals surface area contributed by atoms with Crippen LogP contribution in [-0.4, -0.2) is 40.3 Å². The van der Waals surface area contributed by atoms with Crippen molar-refractivity contribution in [1.82, 2.24) is 20.2 Å². The highest BCUT2D eigenvalue weighted by Crippen LogP contribution is 2.14. The maximum atomic E-state index is 12.2. The van der Waals surface area contributed by atoms with Crippen molar-refractivity contribution in [1.29, 1.82) is 0 Å². The van der Waals surface area contributed by atoms with Gasteiger partial charge in [-0.1, -0.05) is 18.2 Å². The molecular formula is C17H17N5O2. The van der Waals surface area contributed by atoms with E-state index in [0.717, 1.165) is 11.4 Å². The predicted octanol–water partition coefficient (Wildman–Crippen LogP) is 2.09. The zero-order chi connectivity index (χ0) is 16.9. The first-order valence-electron chi connectivity index (χ1n) is 7.42. The van der Waals surface area contributed by atoms with Gasteiger partial charge in [-0.2, -0.15) is 4.68 Å². The number of aromatic nitrogens is 4. The fourth-order valence-corrected chi connectivity index (χ4v) is 2.17. The molecule has 24 heavy (non-hydrogen) atoms. The third-order valence-corrected chi connectivity index (χ3v) is 3.49. The minimum absolute atomic E-state index is 0.00381. The first kappa shape index (κ1) is 15.7. The molecule has 1 aromatic heterocycles. The van der Waals surface area contributed by atoms with Crippen LogP contribution < -0.4 is 4.90 Å². The molecule has 0 atom stereocenters. The number of hydrogen-bond acceptors (Lipinski definition) is 6. The van der Waals surface area contributed by atoms with Gasteiger partial charge in [0.25, 0.3) is 0 Å². The van der Waals surface area contributed by atoms with Gasteiger partial charge >= 0.3 is 5.97 Å². The fourth-order valence-electron chi connectivity index (χ4n) is 2.17. The minimum Gasteiger partial charge on any atom is -0.454 e. The lowest BCUT2D eigenvalue weighted by Crippen LogP contribution is -2.11. The van der Waals surface area contributed by atoms with Crippen LogP contribution in [0.4, 0.5) is 5.69 Å². The standard InChI is InChI=1S/C17H17N5O2/c1-21(2)14-10-8-13(9-11-14)17(23)24-12-16-18-19-20-22(16)15-6-4-3-5-7-15/h3-11H,12H2,1-2H3. The van der Waals surface area contributed by atoms with Gasteiger partial charge in [0, 0.05) is 19.8 Å². The highest BCUT2D eigenvalue weighted by atomic mass is 16.5. The second kappa shape index (κ2) is 6.91. The summed E-state index contributed by atoms with van der Waals surface area (Å²) in [6.07, 6.45) is 0. The molecule has 1 heterocycles. The van der Waals surface area contributed by atoms with Crippen LogP contribution in [-0.2, 0) is 11.3 Å². The highest BCUT2D eigenvalue weighted by Gasteiger charge is 2.12. The molecule has 0 aliphatic rings. The Labute approximate surface area is 139 Å². The molecule has 3 rings (SSSR count). The maximum absolute atomic E-state index is 12.2. The fraction of sp³-hybridized carbons (Fsp3) is 0.176. The van der Waals surface area contributed by atoms with E-state index in [0.29, 0.717) is 11.4 Å². The van der Waals surface area contributed by atoms with Crippen molar-refractivity contribution >= 4 is 11.7 Å². The zero-order valence-corrected chi connectivity index (χ0v) is 13.5. The average molecular weight is 323 g/mol. The number of para-hydroxylation sites is 1. The van der Waals surface area contributed by atoms with Crippen LogP contribution in [0, 0.1) is 0 Å². The topological polar surface area (TPSA) is 73.1 Å². The largest absolute Gasteiger partial charge is 0.454 e. The Hall–Kier alpha value is -3.22. The number of anilines is 1. The Morgan fingerprint density at radius 3 is 2.46 bits per heavy atom. The Balaban J connectivity index is 1.68. The normalized spacial score (nSPS) is 10.4. The Morgan fingerprint density at radius 1 is 1.08 bits per heavy atom. The number of esters is 1. The van der Waals surface area contributed by atoms with E-state index in [2.05, 4.69) is 15.5 Å². The van der Waals surface area contributed by atoms with E-state index < -0.39 is 5.97 Å². The second-order valence-corrected chi connectivity index (χ2v) is 5.36. The number of tetrazole rings is 1. The van der Waals surface area contributed by atoms with E-state index in [1.165, 1.54) is 0 Å². The Morgan fingerprint density at radius 2 is 1.79 bits per heavy atom. The van der Waals surface area contributed by atoms with Crippen molar-refractivity contribution in [2.24, 2.45) is 0 Å². The molecule has 0 saturated carbocycles. The Kier molecular flexibility index (Phi) is 4.51. The molecule has 7 heteroatoms. The summed E-state index contributed by atoms with van der Waals surface area (Å²) in [5.41, 5.74) is 2.31. The van der Waals surface area contributed by atoms with Gasteiger partial charge in [0.2, 0.25) is 0 Å². The lowest BCUT2D eigenvalue weighted by atomic mass is 10.2. The van der Waals surface area contributed by atoms with E-state index >= 15 is 0 Å². The van der Waals surface area contributed by atoms with Crippen LogP contribution in [0.5, 0.6) is 0 Å². The van der Waals surface area contributed by atoms with Crippen LogP contribution >= 0.6 is 0 Å². The number of carbonyl (C=O) groups excluding carboxylic acids is 1. The molecule has 0 radical (unpaired) electrons. The number of benzene rings is 2. The highest BCUT2D eigenvalue weighted by molar-refractivity contribution is 5.89. The van der Waals surface area contributed by atoms with Crippen LogP contribution in [0.15, 0.2) is 54.6 Å². The molecule has 7 nitrogen and oxygen atoms in total. The summed E-state index contributed by atoms with van der Waals surface area (Å²) in [5, 5.41) is 11.5. The van der Waals surface area contributed by atoms with Crippen molar-refractivity contribution in [3.8, 4) is 5.69 Å². The molecule has 0 amide bonds. The summed E-state index contributed by atoms with van der Waals surface area (Å²) in [5.74, 6) is 0.0439. The molecule has 0 fully saturated rings. The van der Waals surface area contributed by atoms with Crippen molar-refractivity contribution in [2.75, 3.05) is 19.0 Å². The Bertz CT molecular complexity index is 813. The SMILES string of the molecule is CN(C)c1ccc(C(=O)OCc2nnnn2-c2ccccc2)cc1. The van der Waals surface area contributed by atoms with Gasteiger partial charge in [-0.3, -0.25) is 0 Å². The van der Waals surface area contributed by atoms with Crippen LogP contribution in [0.1, 0.15) is 16.2 Å². The minimum atomic E-state index is -0.414. The van der Waals surface area contributed by atoms with Crippen molar-refractivity contribution < 1.29 is 9.53 Å². The summed E-state index contributed by atoms with van der Waals surface area (Å²) < 4.78 is 6.86. The summed E-state index contributed by atoms with van der Waals surface area (Å²) >= 11 is 0. The molecule has 0 aliphatic carbocycles. The molecule has 3 aromatic rings. The predicted molar refractivity (Wildman–Crippen MR) is 89.0 cm³/mol. The van der Waals surface area contributed by atoms with Crippen molar-refractivity contribution in [3.05, 3.63) is 66.0 Å². The van der Waals surface area contributed by atoms with E-state index in [1.54, 1.807) is 16.8 Å². The van der Waals surface area contributed by atoms with Gasteiger partial charge < -0.3 is 9.64 Å². The molecule has 0 bridgehead atoms. The third-order valence-electron chi connectivity index (χ3n) is 3.49. The number of rotatable bonds is 5. The lowest BCUT2D eigenvalue weighted by molar-refractivity contribution is 0.0459. The molecule has 2 aromatic carbocycles. The second-order valence-electron chi connectivity index (χ2n) is 5.36. The van der Waals surface area contributed by atoms with E-state index in [-0.39, 0.29) is 6.61 Å². The average Bonchev–Trinajstić information content (AvgIpc) is 3.09. The molecule has 0 saturated heterocycles. The first-order chi connectivity index (χ1) is 11.6. The molecule has 0 aliphatic heterocycles. The third kappa shape index (κ3) is 3.40. The van der Waals surface area contributed by atoms with Crippen LogP contribution in [0.25, 0.3) is 5.69 Å². The smallest absolute Gasteiger partial charge is 0.338 e. The molecular weight excluding hydrogens is 306 g/mol. The molecule has 122 valence electrons. The van der Waals surface area contributed by atoms with Gasteiger partial charge in [0.1, 0.15) is 0 Å². The van der Waals surface area contributed by atoms with Crippen molar-refractivity contribution in [3.63, 3.8) is 0 Å². The summed E-state index contributed by atoms with van der Waals surface area (Å²) in [4.78, 5) is 14.1. The number of nitrogens with zero attached hydrogens (tertiary/aromatic N) is 5. The summed E-state index contributed by atoms with van der Waals surface area (Å²) in [6, 6.07) is 16.6. The number of carbonyl (C=O) groups is 1. The van der Waals surface area contributed by atoms with Gasteiger partial charge in [-0.05, 0) is 46.8 Å². The maximum Gasteiger partial charge on any atom is 0.338 e. The molecule has 0 spiro atoms. The number of hydrogen-bond donors (Lipinski definition) is 0.